The maximum absolute atomic E-state index is 12.1. The van der Waals surface area contributed by atoms with Crippen molar-refractivity contribution in [3.8, 4) is 5.75 Å². The molecule has 2 N–H and O–H groups in total. The summed E-state index contributed by atoms with van der Waals surface area (Å²) in [5.41, 5.74) is 6.57. The van der Waals surface area contributed by atoms with E-state index in [0.717, 1.165) is 18.7 Å². The molecule has 0 radical (unpaired) electrons. The molecule has 0 heterocycles. The van der Waals surface area contributed by atoms with Crippen LogP contribution in [-0.2, 0) is 11.3 Å². The molecule has 19 heavy (non-hydrogen) atoms. The highest BCUT2D eigenvalue weighted by Crippen LogP contribution is 2.29. The molecular weight excluding hydrogens is 240 g/mol. The van der Waals surface area contributed by atoms with Gasteiger partial charge >= 0.3 is 0 Å². The van der Waals surface area contributed by atoms with Gasteiger partial charge in [0.1, 0.15) is 5.75 Å². The summed E-state index contributed by atoms with van der Waals surface area (Å²) in [5, 5.41) is 0. The third kappa shape index (κ3) is 3.96. The molecule has 1 saturated carbocycles. The number of nitrogens with two attached hydrogens (primary N) is 1. The van der Waals surface area contributed by atoms with Crippen LogP contribution < -0.4 is 10.5 Å². The van der Waals surface area contributed by atoms with Gasteiger partial charge < -0.3 is 15.4 Å². The van der Waals surface area contributed by atoms with Gasteiger partial charge in [-0.25, -0.2) is 0 Å². The lowest BCUT2D eigenvalue weighted by Crippen LogP contribution is -2.36. The number of benzene rings is 1. The molecule has 1 fully saturated rings. The fraction of sp³-hybridized carbons (Fsp3) is 0.533. The number of ether oxygens (including phenoxy) is 1. The molecule has 0 spiro atoms. The third-order valence-corrected chi connectivity index (χ3v) is 3.45. The number of carbonyl (C=O) groups is 1. The average molecular weight is 262 g/mol. The van der Waals surface area contributed by atoms with Gasteiger partial charge in [-0.3, -0.25) is 4.79 Å². The van der Waals surface area contributed by atoms with Gasteiger partial charge in [0, 0.05) is 25.2 Å². The normalized spacial score (nSPS) is 14.2. The molecule has 0 aromatic heterocycles. The van der Waals surface area contributed by atoms with E-state index in [2.05, 4.69) is 0 Å². The van der Waals surface area contributed by atoms with Crippen molar-refractivity contribution in [2.75, 3.05) is 19.7 Å². The van der Waals surface area contributed by atoms with Crippen molar-refractivity contribution in [2.45, 2.75) is 26.3 Å². The maximum atomic E-state index is 12.1. The van der Waals surface area contributed by atoms with E-state index in [1.807, 2.05) is 36.1 Å². The topological polar surface area (TPSA) is 55.6 Å². The molecule has 1 aliphatic rings. The number of nitrogens with zero attached hydrogens (tertiary/aromatic N) is 1. The molecule has 1 amide bonds. The zero-order chi connectivity index (χ0) is 13.7. The summed E-state index contributed by atoms with van der Waals surface area (Å²) in [6, 6.07) is 7.58. The molecule has 0 unspecified atom stereocenters. The van der Waals surface area contributed by atoms with Crippen molar-refractivity contribution in [1.82, 2.24) is 4.90 Å². The Morgan fingerprint density at radius 2 is 2.16 bits per heavy atom. The van der Waals surface area contributed by atoms with Crippen LogP contribution >= 0.6 is 0 Å². The smallest absolute Gasteiger partial charge is 0.260 e. The first kappa shape index (κ1) is 13.9. The molecule has 2 rings (SSSR count). The van der Waals surface area contributed by atoms with Crippen molar-refractivity contribution < 1.29 is 9.53 Å². The largest absolute Gasteiger partial charge is 0.483 e. The standard InChI is InChI=1S/C15H22N2O2/c1-2-17(10-12-7-8-12)15(18)11-19-14-6-4-3-5-13(14)9-16/h3-6,12H,2,7-11,16H2,1H3. The summed E-state index contributed by atoms with van der Waals surface area (Å²) >= 11 is 0. The van der Waals surface area contributed by atoms with Crippen molar-refractivity contribution in [3.63, 3.8) is 0 Å². The minimum absolute atomic E-state index is 0.0567. The Bertz CT molecular complexity index is 430. The first-order valence-corrected chi connectivity index (χ1v) is 6.93. The number of carbonyl (C=O) groups excluding carboxylic acids is 1. The van der Waals surface area contributed by atoms with Gasteiger partial charge in [0.15, 0.2) is 6.61 Å². The Morgan fingerprint density at radius 1 is 1.42 bits per heavy atom. The highest BCUT2D eigenvalue weighted by Gasteiger charge is 2.26. The average Bonchev–Trinajstić information content (AvgIpc) is 3.26. The van der Waals surface area contributed by atoms with E-state index in [0.29, 0.717) is 18.2 Å². The Balaban J connectivity index is 1.87. The number of rotatable bonds is 7. The van der Waals surface area contributed by atoms with Gasteiger partial charge in [0.25, 0.3) is 5.91 Å². The zero-order valence-electron chi connectivity index (χ0n) is 11.5. The lowest BCUT2D eigenvalue weighted by atomic mass is 10.2. The first-order valence-electron chi connectivity index (χ1n) is 6.93. The molecule has 1 aliphatic carbocycles. The van der Waals surface area contributed by atoms with E-state index in [-0.39, 0.29) is 12.5 Å². The monoisotopic (exact) mass is 262 g/mol. The predicted octanol–water partition coefficient (Wildman–Crippen LogP) is 1.78. The highest BCUT2D eigenvalue weighted by atomic mass is 16.5. The van der Waals surface area contributed by atoms with Crippen LogP contribution in [0.25, 0.3) is 0 Å². The number of hydrogen-bond donors (Lipinski definition) is 1. The van der Waals surface area contributed by atoms with Crippen LogP contribution in [-0.4, -0.2) is 30.5 Å². The summed E-state index contributed by atoms with van der Waals surface area (Å²) in [6.45, 7) is 4.14. The minimum atomic E-state index is 0.0567. The van der Waals surface area contributed by atoms with Gasteiger partial charge in [-0.1, -0.05) is 18.2 Å². The van der Waals surface area contributed by atoms with Crippen LogP contribution in [0.4, 0.5) is 0 Å². The molecule has 104 valence electrons. The third-order valence-electron chi connectivity index (χ3n) is 3.45. The fourth-order valence-electron chi connectivity index (χ4n) is 2.06. The second kappa shape index (κ2) is 6.57. The van der Waals surface area contributed by atoms with Gasteiger partial charge in [0.05, 0.1) is 0 Å². The van der Waals surface area contributed by atoms with E-state index in [4.69, 9.17) is 10.5 Å². The minimum Gasteiger partial charge on any atom is -0.483 e. The van der Waals surface area contributed by atoms with E-state index < -0.39 is 0 Å². The van der Waals surface area contributed by atoms with Crippen molar-refractivity contribution in [3.05, 3.63) is 29.8 Å². The Hall–Kier alpha value is -1.55. The Morgan fingerprint density at radius 3 is 2.79 bits per heavy atom. The highest BCUT2D eigenvalue weighted by molar-refractivity contribution is 5.77. The molecule has 0 bridgehead atoms. The summed E-state index contributed by atoms with van der Waals surface area (Å²) in [4.78, 5) is 14.0. The molecule has 4 heteroatoms. The van der Waals surface area contributed by atoms with Gasteiger partial charge in [-0.05, 0) is 31.7 Å². The van der Waals surface area contributed by atoms with Crippen LogP contribution in [0.2, 0.25) is 0 Å². The van der Waals surface area contributed by atoms with E-state index in [1.54, 1.807) is 0 Å². The molecule has 1 aromatic carbocycles. The van der Waals surface area contributed by atoms with Crippen molar-refractivity contribution in [1.29, 1.82) is 0 Å². The fourth-order valence-corrected chi connectivity index (χ4v) is 2.06. The van der Waals surface area contributed by atoms with Gasteiger partial charge in [-0.15, -0.1) is 0 Å². The maximum Gasteiger partial charge on any atom is 0.260 e. The van der Waals surface area contributed by atoms with E-state index in [9.17, 15) is 4.79 Å². The SMILES string of the molecule is CCN(CC1CC1)C(=O)COc1ccccc1CN. The number of amides is 1. The molecule has 0 aliphatic heterocycles. The van der Waals surface area contributed by atoms with E-state index >= 15 is 0 Å². The van der Waals surface area contributed by atoms with E-state index in [1.165, 1.54) is 12.8 Å². The first-order chi connectivity index (χ1) is 9.24. The Kier molecular flexibility index (Phi) is 4.80. The molecular formula is C15H22N2O2. The Labute approximate surface area is 114 Å². The molecule has 0 saturated heterocycles. The zero-order valence-corrected chi connectivity index (χ0v) is 11.5. The molecule has 4 nitrogen and oxygen atoms in total. The number of likely N-dealkylation sites (N-methyl/N-ethyl adjacent to an activating group) is 1. The quantitative estimate of drug-likeness (QED) is 0.815. The predicted molar refractivity (Wildman–Crippen MR) is 74.8 cm³/mol. The van der Waals surface area contributed by atoms with Crippen LogP contribution in [0.1, 0.15) is 25.3 Å². The lowest BCUT2D eigenvalue weighted by molar-refractivity contribution is -0.133. The van der Waals surface area contributed by atoms with Gasteiger partial charge in [-0.2, -0.15) is 0 Å². The molecule has 0 atom stereocenters. The summed E-state index contributed by atoms with van der Waals surface area (Å²) in [7, 11) is 0. The summed E-state index contributed by atoms with van der Waals surface area (Å²) < 4.78 is 5.60. The molecule has 1 aromatic rings. The van der Waals surface area contributed by atoms with Gasteiger partial charge in [0.2, 0.25) is 0 Å². The van der Waals surface area contributed by atoms with Crippen LogP contribution in [0.3, 0.4) is 0 Å². The van der Waals surface area contributed by atoms with Crippen molar-refractivity contribution in [2.24, 2.45) is 11.7 Å². The lowest BCUT2D eigenvalue weighted by Gasteiger charge is -2.21. The van der Waals surface area contributed by atoms with Crippen LogP contribution in [0.5, 0.6) is 5.75 Å². The van der Waals surface area contributed by atoms with Crippen molar-refractivity contribution >= 4 is 5.91 Å². The number of para-hydroxylation sites is 1. The van der Waals surface area contributed by atoms with Crippen LogP contribution in [0, 0.1) is 5.92 Å². The summed E-state index contributed by atoms with van der Waals surface area (Å²) in [5.74, 6) is 1.47. The summed E-state index contributed by atoms with van der Waals surface area (Å²) in [6.07, 6.45) is 2.50. The second-order valence-corrected chi connectivity index (χ2v) is 4.98. The number of hydrogen-bond acceptors (Lipinski definition) is 3. The second-order valence-electron chi connectivity index (χ2n) is 4.98. The van der Waals surface area contributed by atoms with Crippen LogP contribution in [0.15, 0.2) is 24.3 Å².